The zero-order valence-corrected chi connectivity index (χ0v) is 8.84. The molecule has 1 N–H and O–H groups in total. The first-order valence-corrected chi connectivity index (χ1v) is 5.04. The summed E-state index contributed by atoms with van der Waals surface area (Å²) in [6.45, 7) is 0. The minimum atomic E-state index is 0.778. The number of aromatic amines is 1. The van der Waals surface area contributed by atoms with Crippen LogP contribution in [0.4, 0.5) is 0 Å². The summed E-state index contributed by atoms with van der Waals surface area (Å²) in [5.74, 6) is 0.778. The number of imidazole rings is 1. The molecule has 4 nitrogen and oxygen atoms in total. The van der Waals surface area contributed by atoms with Crippen LogP contribution in [0.15, 0.2) is 42.9 Å². The lowest BCUT2D eigenvalue weighted by atomic mass is 10.3. The topological polar surface area (TPSA) is 42.3 Å². The van der Waals surface area contributed by atoms with Gasteiger partial charge in [-0.05, 0) is 24.3 Å². The monoisotopic (exact) mass is 213 g/mol. The second-order valence-corrected chi connectivity index (χ2v) is 3.52. The van der Waals surface area contributed by atoms with Crippen molar-refractivity contribution in [2.75, 3.05) is 7.11 Å². The van der Waals surface area contributed by atoms with Crippen molar-refractivity contribution in [2.45, 2.75) is 0 Å². The summed E-state index contributed by atoms with van der Waals surface area (Å²) in [7, 11) is 1.65. The lowest BCUT2D eigenvalue weighted by molar-refractivity contribution is 0.417. The number of rotatable bonds is 2. The highest BCUT2D eigenvalue weighted by Gasteiger charge is 2.07. The Morgan fingerprint density at radius 2 is 2.25 bits per heavy atom. The van der Waals surface area contributed by atoms with E-state index in [9.17, 15) is 0 Å². The summed E-state index contributed by atoms with van der Waals surface area (Å²) in [6, 6.07) is 7.79. The first kappa shape index (κ1) is 9.03. The number of aromatic nitrogens is 3. The molecule has 4 heteroatoms. The van der Waals surface area contributed by atoms with Crippen LogP contribution in [-0.4, -0.2) is 21.5 Å². The Bertz CT molecular complexity index is 610. The van der Waals surface area contributed by atoms with E-state index in [4.69, 9.17) is 4.74 Å². The van der Waals surface area contributed by atoms with Crippen molar-refractivity contribution < 1.29 is 4.74 Å². The molecule has 0 saturated heterocycles. The fraction of sp³-hybridized carbons (Fsp3) is 0.0833. The van der Waals surface area contributed by atoms with Gasteiger partial charge in [0.2, 0.25) is 0 Å². The number of hydrogen-bond donors (Lipinski definition) is 1. The van der Waals surface area contributed by atoms with E-state index in [1.807, 2.05) is 47.3 Å². The zero-order chi connectivity index (χ0) is 11.0. The third-order valence-corrected chi connectivity index (χ3v) is 2.54. The number of ether oxygens (including phenoxy) is 1. The number of nitrogens with one attached hydrogen (secondary N) is 1. The molecular formula is C12H11N3O. The first-order chi connectivity index (χ1) is 7.88. The number of nitrogens with zero attached hydrogens (tertiary/aromatic N) is 2. The molecule has 0 aliphatic carbocycles. The van der Waals surface area contributed by atoms with Gasteiger partial charge in [-0.2, -0.15) is 0 Å². The molecule has 0 spiro atoms. The molecule has 3 rings (SSSR count). The van der Waals surface area contributed by atoms with Crippen LogP contribution < -0.4 is 4.74 Å². The summed E-state index contributed by atoms with van der Waals surface area (Å²) in [4.78, 5) is 7.67. The maximum Gasteiger partial charge on any atom is 0.180 e. The lowest BCUT2D eigenvalue weighted by Crippen LogP contribution is -1.88. The Kier molecular flexibility index (Phi) is 1.93. The molecule has 0 aliphatic rings. The number of pyridine rings is 1. The van der Waals surface area contributed by atoms with Crippen LogP contribution in [0.2, 0.25) is 0 Å². The number of H-pyrrole nitrogens is 1. The van der Waals surface area contributed by atoms with Crippen molar-refractivity contribution in [2.24, 2.45) is 0 Å². The molecule has 16 heavy (non-hydrogen) atoms. The van der Waals surface area contributed by atoms with Crippen LogP contribution >= 0.6 is 0 Å². The smallest absolute Gasteiger partial charge is 0.180 e. The largest absolute Gasteiger partial charge is 0.493 e. The lowest BCUT2D eigenvalue weighted by Gasteiger charge is -1.99. The van der Waals surface area contributed by atoms with Gasteiger partial charge in [0.15, 0.2) is 11.4 Å². The minimum absolute atomic E-state index is 0.778. The van der Waals surface area contributed by atoms with E-state index in [1.165, 1.54) is 0 Å². The zero-order valence-electron chi connectivity index (χ0n) is 8.84. The predicted octanol–water partition coefficient (Wildman–Crippen LogP) is 2.34. The van der Waals surface area contributed by atoms with Gasteiger partial charge in [-0.1, -0.05) is 0 Å². The van der Waals surface area contributed by atoms with E-state index < -0.39 is 0 Å². The van der Waals surface area contributed by atoms with Gasteiger partial charge in [0.25, 0.3) is 0 Å². The minimum Gasteiger partial charge on any atom is -0.493 e. The Labute approximate surface area is 92.5 Å². The Balaban J connectivity index is 2.23. The highest BCUT2D eigenvalue weighted by atomic mass is 16.5. The van der Waals surface area contributed by atoms with E-state index in [0.717, 1.165) is 22.8 Å². The average molecular weight is 213 g/mol. The van der Waals surface area contributed by atoms with Gasteiger partial charge in [-0.25, -0.2) is 4.98 Å². The van der Waals surface area contributed by atoms with Crippen LogP contribution in [-0.2, 0) is 0 Å². The Morgan fingerprint density at radius 1 is 1.31 bits per heavy atom. The first-order valence-electron chi connectivity index (χ1n) is 5.04. The normalized spacial score (nSPS) is 10.8. The standard InChI is InChI=1S/C12H11N3O/c1-16-11-5-3-7-15-8-10(14-12(11)15)9-4-2-6-13-9/h2-8,13H,1H3. The molecule has 3 aromatic rings. The molecule has 80 valence electrons. The van der Waals surface area contributed by atoms with Crippen LogP contribution in [0.1, 0.15) is 0 Å². The van der Waals surface area contributed by atoms with Gasteiger partial charge >= 0.3 is 0 Å². The molecule has 0 fully saturated rings. The quantitative estimate of drug-likeness (QED) is 0.710. The third-order valence-electron chi connectivity index (χ3n) is 2.54. The van der Waals surface area contributed by atoms with Crippen LogP contribution in [0.25, 0.3) is 17.0 Å². The van der Waals surface area contributed by atoms with E-state index in [1.54, 1.807) is 7.11 Å². The van der Waals surface area contributed by atoms with Gasteiger partial charge in [0.1, 0.15) is 5.69 Å². The Hall–Kier alpha value is -2.23. The van der Waals surface area contributed by atoms with Crippen molar-refractivity contribution in [1.29, 1.82) is 0 Å². The second-order valence-electron chi connectivity index (χ2n) is 3.52. The summed E-state index contributed by atoms with van der Waals surface area (Å²) in [6.07, 6.45) is 5.82. The molecule has 3 aromatic heterocycles. The Morgan fingerprint density at radius 3 is 3.00 bits per heavy atom. The molecule has 0 aliphatic heterocycles. The SMILES string of the molecule is COc1cccn2cc(-c3ccc[nH]3)nc12. The summed E-state index contributed by atoms with van der Waals surface area (Å²) < 4.78 is 7.22. The highest BCUT2D eigenvalue weighted by molar-refractivity contribution is 5.63. The van der Waals surface area contributed by atoms with E-state index in [2.05, 4.69) is 9.97 Å². The molecule has 0 unspecified atom stereocenters. The van der Waals surface area contributed by atoms with Crippen molar-refractivity contribution >= 4 is 5.65 Å². The fourth-order valence-corrected chi connectivity index (χ4v) is 1.77. The van der Waals surface area contributed by atoms with Gasteiger partial charge in [0, 0.05) is 18.6 Å². The molecule has 0 amide bonds. The number of methoxy groups -OCH3 is 1. The van der Waals surface area contributed by atoms with Crippen molar-refractivity contribution in [3.8, 4) is 17.1 Å². The van der Waals surface area contributed by atoms with Crippen molar-refractivity contribution in [3.05, 3.63) is 42.9 Å². The van der Waals surface area contributed by atoms with E-state index in [-0.39, 0.29) is 0 Å². The van der Waals surface area contributed by atoms with Crippen LogP contribution in [0, 0.1) is 0 Å². The predicted molar refractivity (Wildman–Crippen MR) is 61.5 cm³/mol. The highest BCUT2D eigenvalue weighted by Crippen LogP contribution is 2.22. The molecule has 0 aromatic carbocycles. The molecule has 0 atom stereocenters. The van der Waals surface area contributed by atoms with Crippen molar-refractivity contribution in [1.82, 2.24) is 14.4 Å². The van der Waals surface area contributed by atoms with Gasteiger partial charge < -0.3 is 14.1 Å². The van der Waals surface area contributed by atoms with E-state index >= 15 is 0 Å². The summed E-state index contributed by atoms with van der Waals surface area (Å²) >= 11 is 0. The van der Waals surface area contributed by atoms with Crippen LogP contribution in [0.3, 0.4) is 0 Å². The average Bonchev–Trinajstić information content (AvgIpc) is 2.96. The maximum atomic E-state index is 5.26. The molecule has 0 saturated carbocycles. The maximum absolute atomic E-state index is 5.26. The van der Waals surface area contributed by atoms with Gasteiger partial charge in [0.05, 0.1) is 12.8 Å². The second kappa shape index (κ2) is 3.41. The summed E-state index contributed by atoms with van der Waals surface area (Å²) in [5.41, 5.74) is 2.75. The number of fused-ring (bicyclic) bond motifs is 1. The molecule has 0 bridgehead atoms. The van der Waals surface area contributed by atoms with Crippen LogP contribution in [0.5, 0.6) is 5.75 Å². The fourth-order valence-electron chi connectivity index (χ4n) is 1.77. The van der Waals surface area contributed by atoms with E-state index in [0.29, 0.717) is 0 Å². The molecular weight excluding hydrogens is 202 g/mol. The molecule has 0 radical (unpaired) electrons. The van der Waals surface area contributed by atoms with Gasteiger partial charge in [-0.3, -0.25) is 0 Å². The third kappa shape index (κ3) is 1.27. The summed E-state index contributed by atoms with van der Waals surface area (Å²) in [5, 5.41) is 0. The van der Waals surface area contributed by atoms with Crippen molar-refractivity contribution in [3.63, 3.8) is 0 Å². The van der Waals surface area contributed by atoms with Gasteiger partial charge in [-0.15, -0.1) is 0 Å². The number of hydrogen-bond acceptors (Lipinski definition) is 2. The molecule has 3 heterocycles.